The number of anilines is 1. The molecule has 0 spiro atoms. The van der Waals surface area contributed by atoms with Crippen molar-refractivity contribution in [1.29, 1.82) is 0 Å². The van der Waals surface area contributed by atoms with Gasteiger partial charge >= 0.3 is 5.97 Å². The number of sulfonamides is 1. The van der Waals surface area contributed by atoms with Crippen molar-refractivity contribution in [2.75, 3.05) is 11.4 Å². The molecule has 0 bridgehead atoms. The van der Waals surface area contributed by atoms with Crippen molar-refractivity contribution < 1.29 is 23.4 Å². The molecule has 0 unspecified atom stereocenters. The number of aromatic carboxylic acids is 1. The molecule has 0 atom stereocenters. The maximum atomic E-state index is 12.7. The molecule has 0 saturated heterocycles. The van der Waals surface area contributed by atoms with Crippen LogP contribution in [0.1, 0.15) is 15.9 Å². The van der Waals surface area contributed by atoms with E-state index in [0.29, 0.717) is 5.69 Å². The van der Waals surface area contributed by atoms with E-state index in [1.807, 2.05) is 0 Å². The van der Waals surface area contributed by atoms with E-state index in [9.17, 15) is 18.3 Å². The standard InChI is InChI=1S/C15H15NO5S/c1-10-8-13(17)12(15(18)19)9-14(10)22(20,21)16(2)11-6-4-3-5-7-11/h3-9,17H,1-2H3,(H,18,19). The molecule has 2 aromatic rings. The van der Waals surface area contributed by atoms with Crippen molar-refractivity contribution in [2.45, 2.75) is 11.8 Å². The average molecular weight is 321 g/mol. The van der Waals surface area contributed by atoms with Crippen molar-refractivity contribution in [3.63, 3.8) is 0 Å². The summed E-state index contributed by atoms with van der Waals surface area (Å²) in [7, 11) is -2.55. The van der Waals surface area contributed by atoms with Crippen LogP contribution in [0.3, 0.4) is 0 Å². The third-order valence-corrected chi connectivity index (χ3v) is 5.21. The van der Waals surface area contributed by atoms with Gasteiger partial charge in [0.25, 0.3) is 10.0 Å². The van der Waals surface area contributed by atoms with Crippen LogP contribution in [-0.4, -0.2) is 31.6 Å². The fourth-order valence-corrected chi connectivity index (χ4v) is 3.47. The first-order chi connectivity index (χ1) is 10.2. The van der Waals surface area contributed by atoms with Crippen LogP contribution in [0.15, 0.2) is 47.4 Å². The number of para-hydroxylation sites is 1. The topological polar surface area (TPSA) is 94.9 Å². The van der Waals surface area contributed by atoms with E-state index >= 15 is 0 Å². The van der Waals surface area contributed by atoms with Crippen LogP contribution in [0.4, 0.5) is 5.69 Å². The lowest BCUT2D eigenvalue weighted by atomic mass is 10.1. The Bertz CT molecular complexity index is 815. The third-order valence-electron chi connectivity index (χ3n) is 3.28. The van der Waals surface area contributed by atoms with Crippen LogP contribution in [0.25, 0.3) is 0 Å². The molecule has 0 radical (unpaired) electrons. The second-order valence-corrected chi connectivity index (χ2v) is 6.69. The summed E-state index contributed by atoms with van der Waals surface area (Å²) in [6, 6.07) is 10.5. The van der Waals surface area contributed by atoms with Crippen LogP contribution >= 0.6 is 0 Å². The molecule has 0 amide bonds. The molecular formula is C15H15NO5S. The Kier molecular flexibility index (Phi) is 4.09. The molecule has 0 saturated carbocycles. The fourth-order valence-electron chi connectivity index (χ4n) is 2.05. The number of aromatic hydroxyl groups is 1. The van der Waals surface area contributed by atoms with Crippen LogP contribution in [0, 0.1) is 6.92 Å². The molecule has 7 heteroatoms. The number of rotatable bonds is 4. The molecule has 0 aliphatic carbocycles. The highest BCUT2D eigenvalue weighted by atomic mass is 32.2. The normalized spacial score (nSPS) is 11.2. The number of benzene rings is 2. The highest BCUT2D eigenvalue weighted by molar-refractivity contribution is 7.92. The third kappa shape index (κ3) is 2.75. The van der Waals surface area contributed by atoms with E-state index in [1.165, 1.54) is 14.0 Å². The smallest absolute Gasteiger partial charge is 0.339 e. The summed E-state index contributed by atoms with van der Waals surface area (Å²) < 4.78 is 26.4. The zero-order valence-corrected chi connectivity index (χ0v) is 12.8. The maximum absolute atomic E-state index is 12.7. The molecule has 0 aliphatic heterocycles. The fraction of sp³-hybridized carbons (Fsp3) is 0.133. The second kappa shape index (κ2) is 5.69. The van der Waals surface area contributed by atoms with Gasteiger partial charge in [0.05, 0.1) is 10.6 Å². The van der Waals surface area contributed by atoms with Gasteiger partial charge in [0.1, 0.15) is 11.3 Å². The number of phenols is 1. The molecule has 0 fully saturated rings. The summed E-state index contributed by atoms with van der Waals surface area (Å²) >= 11 is 0. The van der Waals surface area contributed by atoms with E-state index < -0.39 is 27.3 Å². The number of hydrogen-bond acceptors (Lipinski definition) is 4. The van der Waals surface area contributed by atoms with Gasteiger partial charge in [-0.25, -0.2) is 13.2 Å². The first-order valence-corrected chi connectivity index (χ1v) is 7.80. The van der Waals surface area contributed by atoms with Crippen LogP contribution < -0.4 is 4.31 Å². The summed E-state index contributed by atoms with van der Waals surface area (Å²) in [5, 5.41) is 18.7. The van der Waals surface area contributed by atoms with Gasteiger partial charge in [-0.05, 0) is 36.8 Å². The first-order valence-electron chi connectivity index (χ1n) is 6.36. The van der Waals surface area contributed by atoms with E-state index in [4.69, 9.17) is 5.11 Å². The average Bonchev–Trinajstić information content (AvgIpc) is 2.46. The van der Waals surface area contributed by atoms with Crippen molar-refractivity contribution in [1.82, 2.24) is 0 Å². The Morgan fingerprint density at radius 2 is 1.73 bits per heavy atom. The highest BCUT2D eigenvalue weighted by Crippen LogP contribution is 2.29. The second-order valence-electron chi connectivity index (χ2n) is 4.75. The van der Waals surface area contributed by atoms with E-state index in [1.54, 1.807) is 30.3 Å². The zero-order chi connectivity index (χ0) is 16.5. The van der Waals surface area contributed by atoms with Crippen LogP contribution in [0.2, 0.25) is 0 Å². The largest absolute Gasteiger partial charge is 0.507 e. The minimum Gasteiger partial charge on any atom is -0.507 e. The lowest BCUT2D eigenvalue weighted by Crippen LogP contribution is -2.27. The Labute approximate surface area is 128 Å². The van der Waals surface area contributed by atoms with E-state index in [-0.39, 0.29) is 10.5 Å². The molecule has 22 heavy (non-hydrogen) atoms. The molecular weight excluding hydrogens is 306 g/mol. The first kappa shape index (κ1) is 15.8. The Morgan fingerprint density at radius 1 is 1.14 bits per heavy atom. The predicted octanol–water partition coefficient (Wildman–Crippen LogP) is 2.22. The van der Waals surface area contributed by atoms with Crippen molar-refractivity contribution in [2.24, 2.45) is 0 Å². The molecule has 0 aromatic heterocycles. The quantitative estimate of drug-likeness (QED) is 0.900. The van der Waals surface area contributed by atoms with Gasteiger partial charge in [-0.3, -0.25) is 4.31 Å². The molecule has 0 heterocycles. The van der Waals surface area contributed by atoms with Crippen molar-refractivity contribution >= 4 is 21.7 Å². The van der Waals surface area contributed by atoms with E-state index in [0.717, 1.165) is 16.4 Å². The number of hydrogen-bond donors (Lipinski definition) is 2. The van der Waals surface area contributed by atoms with Crippen molar-refractivity contribution in [3.05, 3.63) is 53.6 Å². The lowest BCUT2D eigenvalue weighted by Gasteiger charge is -2.21. The number of carboxylic acid groups (broad SMARTS) is 1. The number of carboxylic acids is 1. The number of nitrogens with zero attached hydrogens (tertiary/aromatic N) is 1. The van der Waals surface area contributed by atoms with Gasteiger partial charge < -0.3 is 10.2 Å². The Balaban J connectivity index is 2.59. The minimum absolute atomic E-state index is 0.158. The van der Waals surface area contributed by atoms with Gasteiger partial charge in [0, 0.05) is 7.05 Å². The summed E-state index contributed by atoms with van der Waals surface area (Å²) in [4.78, 5) is 10.9. The van der Waals surface area contributed by atoms with Crippen LogP contribution in [-0.2, 0) is 10.0 Å². The predicted molar refractivity (Wildman–Crippen MR) is 81.8 cm³/mol. The summed E-state index contributed by atoms with van der Waals surface area (Å²) in [6.45, 7) is 1.50. The molecule has 0 aliphatic rings. The highest BCUT2D eigenvalue weighted by Gasteiger charge is 2.26. The van der Waals surface area contributed by atoms with Gasteiger partial charge in [-0.15, -0.1) is 0 Å². The zero-order valence-electron chi connectivity index (χ0n) is 12.0. The van der Waals surface area contributed by atoms with Gasteiger partial charge in [-0.2, -0.15) is 0 Å². The van der Waals surface area contributed by atoms with Gasteiger partial charge in [0.15, 0.2) is 0 Å². The molecule has 2 rings (SSSR count). The SMILES string of the molecule is Cc1cc(O)c(C(=O)O)cc1S(=O)(=O)N(C)c1ccccc1. The van der Waals surface area contributed by atoms with E-state index in [2.05, 4.69) is 0 Å². The summed E-state index contributed by atoms with van der Waals surface area (Å²) in [6.07, 6.45) is 0. The maximum Gasteiger partial charge on any atom is 0.339 e. The lowest BCUT2D eigenvalue weighted by molar-refractivity contribution is 0.0693. The minimum atomic E-state index is -3.94. The number of carbonyl (C=O) groups is 1. The van der Waals surface area contributed by atoms with Crippen LogP contribution in [0.5, 0.6) is 5.75 Å². The monoisotopic (exact) mass is 321 g/mol. The van der Waals surface area contributed by atoms with Gasteiger partial charge in [-0.1, -0.05) is 18.2 Å². The Morgan fingerprint density at radius 3 is 2.27 bits per heavy atom. The molecule has 2 N–H and O–H groups in total. The molecule has 2 aromatic carbocycles. The van der Waals surface area contributed by atoms with Gasteiger partial charge in [0.2, 0.25) is 0 Å². The van der Waals surface area contributed by atoms with Crippen molar-refractivity contribution in [3.8, 4) is 5.75 Å². The summed E-state index contributed by atoms with van der Waals surface area (Å²) in [5.74, 6) is -1.86. The molecule has 6 nitrogen and oxygen atoms in total. The summed E-state index contributed by atoms with van der Waals surface area (Å²) in [5.41, 5.74) is 0.266. The number of aryl methyl sites for hydroxylation is 1. The Hall–Kier alpha value is -2.54. The molecule has 116 valence electrons.